The van der Waals surface area contributed by atoms with Gasteiger partial charge in [0.05, 0.1) is 19.6 Å². The van der Waals surface area contributed by atoms with E-state index in [2.05, 4.69) is 19.2 Å². The molecule has 0 bridgehead atoms. The Morgan fingerprint density at radius 3 is 2.06 bits per heavy atom. The molecule has 1 aromatic rings. The van der Waals surface area contributed by atoms with Crippen molar-refractivity contribution in [3.63, 3.8) is 0 Å². The van der Waals surface area contributed by atoms with Crippen molar-refractivity contribution in [1.29, 1.82) is 0 Å². The Balaban J connectivity index is 3.05. The molecule has 12 heteroatoms. The fourth-order valence-electron chi connectivity index (χ4n) is 5.47. The molecule has 0 heterocycles. The number of rotatable bonds is 30. The summed E-state index contributed by atoms with van der Waals surface area (Å²) in [4.78, 5) is 63.2. The number of allylic oxidation sites excluding steroid dienone is 1. The van der Waals surface area contributed by atoms with Crippen LogP contribution >= 0.6 is 0 Å². The van der Waals surface area contributed by atoms with Gasteiger partial charge in [-0.05, 0) is 49.8 Å². The number of carboxylic acids is 1. The van der Waals surface area contributed by atoms with E-state index in [9.17, 15) is 29.1 Å². The van der Waals surface area contributed by atoms with Crippen LogP contribution in [0.15, 0.2) is 36.4 Å². The number of hydrogen-bond donors (Lipinski definition) is 3. The van der Waals surface area contributed by atoms with Crippen molar-refractivity contribution in [3.8, 4) is 5.75 Å². The number of hydrogen-bond acceptors (Lipinski definition) is 10. The number of methoxy groups -OCH3 is 2. The summed E-state index contributed by atoms with van der Waals surface area (Å²) in [7, 11) is 2.54. The maximum Gasteiger partial charge on any atom is 0.341 e. The molecule has 0 unspecified atom stereocenters. The Morgan fingerprint density at radius 1 is 0.843 bits per heavy atom. The van der Waals surface area contributed by atoms with Crippen molar-refractivity contribution in [3.05, 3.63) is 42.0 Å². The Kier molecular flexibility index (Phi) is 23.9. The average Bonchev–Trinajstić information content (AvgIpc) is 3.12. The fraction of sp³-hybridized carbons (Fsp3) is 0.667. The van der Waals surface area contributed by atoms with Gasteiger partial charge in [0.15, 0.2) is 12.2 Å². The van der Waals surface area contributed by atoms with E-state index in [1.54, 1.807) is 30.3 Å². The number of amides is 1. The van der Waals surface area contributed by atoms with Crippen molar-refractivity contribution in [2.24, 2.45) is 5.92 Å². The van der Waals surface area contributed by atoms with Gasteiger partial charge in [0, 0.05) is 39.4 Å². The Hall–Kier alpha value is -3.77. The molecule has 288 valence electrons. The molecule has 0 aromatic heterocycles. The molecule has 0 aliphatic carbocycles. The van der Waals surface area contributed by atoms with E-state index in [1.807, 2.05) is 0 Å². The highest BCUT2D eigenvalue weighted by molar-refractivity contribution is 5.93. The molecule has 0 radical (unpaired) electrons. The van der Waals surface area contributed by atoms with Crippen LogP contribution in [0.1, 0.15) is 116 Å². The second kappa shape index (κ2) is 27.0. The van der Waals surface area contributed by atoms with E-state index >= 15 is 0 Å². The molecule has 12 nitrogen and oxygen atoms in total. The SMILES string of the molecule is CCCCCCCC(=O)CCCCCC/C=C/[C@H](C(=O)N[C@@H](Cc1ccc(OCCCC)cc1)C(=O)OC)[C@@](O)(CCOC)C(=O)OCC(=O)O. The van der Waals surface area contributed by atoms with Crippen LogP contribution in [0.4, 0.5) is 0 Å². The smallest absolute Gasteiger partial charge is 0.341 e. The van der Waals surface area contributed by atoms with Crippen LogP contribution in [0, 0.1) is 5.92 Å². The summed E-state index contributed by atoms with van der Waals surface area (Å²) in [6, 6.07) is 5.89. The van der Waals surface area contributed by atoms with Crippen LogP contribution < -0.4 is 10.1 Å². The lowest BCUT2D eigenvalue weighted by Gasteiger charge is -2.32. The quantitative estimate of drug-likeness (QED) is 0.0490. The number of carbonyl (C=O) groups is 5. The molecule has 0 spiro atoms. The number of esters is 2. The summed E-state index contributed by atoms with van der Waals surface area (Å²) >= 11 is 0. The molecule has 1 amide bonds. The Bertz CT molecular complexity index is 1200. The maximum atomic E-state index is 13.9. The molecule has 51 heavy (non-hydrogen) atoms. The van der Waals surface area contributed by atoms with Crippen LogP contribution in [0.5, 0.6) is 5.75 Å². The number of aliphatic carboxylic acids is 1. The third-order valence-electron chi connectivity index (χ3n) is 8.56. The fourth-order valence-corrected chi connectivity index (χ4v) is 5.47. The zero-order valence-electron chi connectivity index (χ0n) is 31.1. The summed E-state index contributed by atoms with van der Waals surface area (Å²) in [5.74, 6) is -4.95. The van der Waals surface area contributed by atoms with Crippen molar-refractivity contribution >= 4 is 29.6 Å². The first kappa shape index (κ1) is 45.3. The van der Waals surface area contributed by atoms with Crippen LogP contribution in [0.25, 0.3) is 0 Å². The molecule has 0 aliphatic rings. The van der Waals surface area contributed by atoms with Gasteiger partial charge in [-0.15, -0.1) is 0 Å². The van der Waals surface area contributed by atoms with Gasteiger partial charge in [0.2, 0.25) is 5.91 Å². The summed E-state index contributed by atoms with van der Waals surface area (Å²) in [5, 5.41) is 23.4. The number of benzene rings is 1. The predicted octanol–water partition coefficient (Wildman–Crippen LogP) is 5.90. The van der Waals surface area contributed by atoms with E-state index in [0.29, 0.717) is 43.0 Å². The Labute approximate surface area is 303 Å². The van der Waals surface area contributed by atoms with Crippen LogP contribution in [0.3, 0.4) is 0 Å². The minimum absolute atomic E-state index is 0.0470. The van der Waals surface area contributed by atoms with E-state index < -0.39 is 48.0 Å². The predicted molar refractivity (Wildman–Crippen MR) is 193 cm³/mol. The lowest BCUT2D eigenvalue weighted by molar-refractivity contribution is -0.178. The van der Waals surface area contributed by atoms with Gasteiger partial charge in [-0.2, -0.15) is 0 Å². The first-order valence-electron chi connectivity index (χ1n) is 18.4. The van der Waals surface area contributed by atoms with Crippen molar-refractivity contribution in [2.75, 3.05) is 34.0 Å². The molecule has 1 rings (SSSR count). The zero-order chi connectivity index (χ0) is 37.9. The van der Waals surface area contributed by atoms with Gasteiger partial charge in [0.25, 0.3) is 0 Å². The van der Waals surface area contributed by atoms with Gasteiger partial charge in [-0.3, -0.25) is 9.59 Å². The average molecular weight is 720 g/mol. The minimum Gasteiger partial charge on any atom is -0.494 e. The van der Waals surface area contributed by atoms with Gasteiger partial charge in [-0.1, -0.05) is 83.1 Å². The van der Waals surface area contributed by atoms with Gasteiger partial charge >= 0.3 is 17.9 Å². The first-order valence-corrected chi connectivity index (χ1v) is 18.4. The molecule has 3 atom stereocenters. The number of Topliss-reactive ketones (excluding diaryl/α,β-unsaturated/α-hetero) is 1. The van der Waals surface area contributed by atoms with Crippen LogP contribution in [-0.4, -0.2) is 85.5 Å². The monoisotopic (exact) mass is 719 g/mol. The van der Waals surface area contributed by atoms with E-state index in [1.165, 1.54) is 39.6 Å². The molecular weight excluding hydrogens is 658 g/mol. The minimum atomic E-state index is -2.51. The second-order valence-electron chi connectivity index (χ2n) is 12.8. The molecule has 0 aliphatic heterocycles. The normalized spacial score (nSPS) is 13.6. The maximum absolute atomic E-state index is 13.9. The van der Waals surface area contributed by atoms with E-state index in [4.69, 9.17) is 24.1 Å². The van der Waals surface area contributed by atoms with Crippen molar-refractivity contribution in [2.45, 2.75) is 128 Å². The van der Waals surface area contributed by atoms with Crippen molar-refractivity contribution in [1.82, 2.24) is 5.32 Å². The Morgan fingerprint density at radius 2 is 1.47 bits per heavy atom. The summed E-state index contributed by atoms with van der Waals surface area (Å²) in [5.41, 5.74) is -1.81. The molecule has 3 N–H and O–H groups in total. The molecule has 0 saturated heterocycles. The number of nitrogens with one attached hydrogen (secondary N) is 1. The van der Waals surface area contributed by atoms with Gasteiger partial charge in [-0.25, -0.2) is 14.4 Å². The number of ether oxygens (including phenoxy) is 4. The van der Waals surface area contributed by atoms with Gasteiger partial charge < -0.3 is 34.5 Å². The highest BCUT2D eigenvalue weighted by Gasteiger charge is 2.48. The zero-order valence-corrected chi connectivity index (χ0v) is 31.1. The van der Waals surface area contributed by atoms with Crippen LogP contribution in [0.2, 0.25) is 0 Å². The number of aliphatic hydroxyl groups is 1. The summed E-state index contributed by atoms with van der Waals surface area (Å²) in [6.45, 7) is 3.64. The molecule has 0 fully saturated rings. The third-order valence-corrected chi connectivity index (χ3v) is 8.56. The summed E-state index contributed by atoms with van der Waals surface area (Å²) < 4.78 is 20.6. The molecular formula is C39H61NO11. The molecule has 0 saturated carbocycles. The highest BCUT2D eigenvalue weighted by atomic mass is 16.6. The van der Waals surface area contributed by atoms with Gasteiger partial charge in [0.1, 0.15) is 17.6 Å². The standard InChI is InChI=1S/C39H61NO11/c1-5-7-9-12-15-18-31(41)19-16-13-10-11-14-17-20-33(39(47,25-27-48-3)38(46)51-29-35(42)43)36(44)40-34(37(45)49-4)28-30-21-23-32(24-22-30)50-26-8-6-2/h17,20-24,33-34,47H,5-16,18-19,25-29H2,1-4H3,(H,40,44)(H,42,43)/b20-17+/t33-,34+,39+/m1/s1. The number of carbonyl (C=O) groups excluding carboxylic acids is 4. The highest BCUT2D eigenvalue weighted by Crippen LogP contribution is 2.27. The third kappa shape index (κ3) is 18.9. The van der Waals surface area contributed by atoms with E-state index in [-0.39, 0.29) is 19.4 Å². The first-order chi connectivity index (χ1) is 24.5. The van der Waals surface area contributed by atoms with Crippen LogP contribution in [-0.2, 0) is 44.6 Å². The second-order valence-corrected chi connectivity index (χ2v) is 12.8. The topological polar surface area (TPSA) is 175 Å². The number of ketones is 1. The molecule has 1 aromatic carbocycles. The largest absolute Gasteiger partial charge is 0.494 e. The lowest BCUT2D eigenvalue weighted by Crippen LogP contribution is -2.55. The lowest BCUT2D eigenvalue weighted by atomic mass is 9.82. The van der Waals surface area contributed by atoms with Crippen molar-refractivity contribution < 1.29 is 53.1 Å². The number of carboxylic acid groups (broad SMARTS) is 1. The van der Waals surface area contributed by atoms with E-state index in [0.717, 1.165) is 51.4 Å². The number of unbranched alkanes of at least 4 members (excludes halogenated alkanes) is 9. The summed E-state index contributed by atoms with van der Waals surface area (Å²) in [6.07, 6.45) is 15.1.